The summed E-state index contributed by atoms with van der Waals surface area (Å²) in [6.45, 7) is 2.90. The third-order valence-electron chi connectivity index (χ3n) is 2.47. The molecule has 100 valence electrons. The SMILES string of the molecule is Cc1cc(CNCc2cc(Br)cc([N+](=O)[O-])c2)no1. The Kier molecular flexibility index (Phi) is 4.28. The van der Waals surface area contributed by atoms with Gasteiger partial charge in [-0.1, -0.05) is 21.1 Å². The van der Waals surface area contributed by atoms with Gasteiger partial charge in [0.1, 0.15) is 5.76 Å². The van der Waals surface area contributed by atoms with Crippen LogP contribution in [0, 0.1) is 17.0 Å². The van der Waals surface area contributed by atoms with Crippen molar-refractivity contribution in [1.29, 1.82) is 0 Å². The number of halogens is 1. The van der Waals surface area contributed by atoms with Crippen molar-refractivity contribution in [3.8, 4) is 0 Å². The molecule has 0 saturated heterocycles. The van der Waals surface area contributed by atoms with Gasteiger partial charge in [-0.3, -0.25) is 10.1 Å². The van der Waals surface area contributed by atoms with Gasteiger partial charge in [0.15, 0.2) is 0 Å². The second-order valence-corrected chi connectivity index (χ2v) is 5.02. The fourth-order valence-electron chi connectivity index (χ4n) is 1.68. The van der Waals surface area contributed by atoms with E-state index in [4.69, 9.17) is 4.52 Å². The summed E-state index contributed by atoms with van der Waals surface area (Å²) in [5.41, 5.74) is 1.71. The number of aryl methyl sites for hydroxylation is 1. The number of aromatic nitrogens is 1. The van der Waals surface area contributed by atoms with Crippen LogP contribution < -0.4 is 5.32 Å². The van der Waals surface area contributed by atoms with Crippen LogP contribution in [0.3, 0.4) is 0 Å². The molecule has 0 amide bonds. The normalized spacial score (nSPS) is 10.6. The Balaban J connectivity index is 1.97. The molecule has 0 aliphatic rings. The number of hydrogen-bond acceptors (Lipinski definition) is 5. The molecule has 19 heavy (non-hydrogen) atoms. The van der Waals surface area contributed by atoms with E-state index in [-0.39, 0.29) is 5.69 Å². The third-order valence-corrected chi connectivity index (χ3v) is 2.92. The van der Waals surface area contributed by atoms with Gasteiger partial charge in [0, 0.05) is 35.8 Å². The second-order valence-electron chi connectivity index (χ2n) is 4.11. The first kappa shape index (κ1) is 13.7. The van der Waals surface area contributed by atoms with Crippen molar-refractivity contribution in [2.45, 2.75) is 20.0 Å². The average Bonchev–Trinajstić information content (AvgIpc) is 2.74. The van der Waals surface area contributed by atoms with Gasteiger partial charge in [0.25, 0.3) is 5.69 Å². The number of nitro benzene ring substituents is 1. The molecule has 1 aromatic carbocycles. The summed E-state index contributed by atoms with van der Waals surface area (Å²) < 4.78 is 5.64. The van der Waals surface area contributed by atoms with Crippen LogP contribution in [0.25, 0.3) is 0 Å². The van der Waals surface area contributed by atoms with E-state index < -0.39 is 4.92 Å². The zero-order valence-electron chi connectivity index (χ0n) is 10.2. The van der Waals surface area contributed by atoms with Gasteiger partial charge in [0.2, 0.25) is 0 Å². The highest BCUT2D eigenvalue weighted by atomic mass is 79.9. The van der Waals surface area contributed by atoms with E-state index in [0.717, 1.165) is 17.0 Å². The number of nitrogens with one attached hydrogen (secondary N) is 1. The molecule has 7 heteroatoms. The smallest absolute Gasteiger partial charge is 0.270 e. The van der Waals surface area contributed by atoms with Crippen molar-refractivity contribution in [3.63, 3.8) is 0 Å². The molecule has 2 aromatic rings. The van der Waals surface area contributed by atoms with Gasteiger partial charge in [-0.25, -0.2) is 0 Å². The molecule has 0 aliphatic carbocycles. The van der Waals surface area contributed by atoms with Crippen molar-refractivity contribution in [3.05, 3.63) is 55.9 Å². The minimum Gasteiger partial charge on any atom is -0.361 e. The van der Waals surface area contributed by atoms with Gasteiger partial charge in [-0.15, -0.1) is 0 Å². The van der Waals surface area contributed by atoms with E-state index in [2.05, 4.69) is 26.4 Å². The molecule has 1 N–H and O–H groups in total. The first-order valence-electron chi connectivity index (χ1n) is 5.61. The van der Waals surface area contributed by atoms with Crippen LogP contribution in [0.15, 0.2) is 33.3 Å². The van der Waals surface area contributed by atoms with Gasteiger partial charge >= 0.3 is 0 Å². The summed E-state index contributed by atoms with van der Waals surface area (Å²) in [5, 5.41) is 17.8. The first-order chi connectivity index (χ1) is 9.04. The first-order valence-corrected chi connectivity index (χ1v) is 6.40. The predicted octanol–water partition coefficient (Wildman–Crippen LogP) is 2.94. The fourth-order valence-corrected chi connectivity index (χ4v) is 2.21. The Labute approximate surface area is 118 Å². The van der Waals surface area contributed by atoms with E-state index in [0.29, 0.717) is 17.6 Å². The molecule has 0 saturated carbocycles. The molecule has 0 atom stereocenters. The number of benzene rings is 1. The lowest BCUT2D eigenvalue weighted by Crippen LogP contribution is -2.13. The average molecular weight is 326 g/mol. The van der Waals surface area contributed by atoms with Gasteiger partial charge in [-0.05, 0) is 18.6 Å². The topological polar surface area (TPSA) is 81.2 Å². The molecule has 0 aliphatic heterocycles. The summed E-state index contributed by atoms with van der Waals surface area (Å²) in [7, 11) is 0. The van der Waals surface area contributed by atoms with Crippen molar-refractivity contribution in [1.82, 2.24) is 10.5 Å². The molecule has 0 bridgehead atoms. The van der Waals surface area contributed by atoms with Crippen molar-refractivity contribution in [2.75, 3.05) is 0 Å². The van der Waals surface area contributed by atoms with Gasteiger partial charge in [-0.2, -0.15) is 0 Å². The van der Waals surface area contributed by atoms with E-state index in [1.165, 1.54) is 6.07 Å². The van der Waals surface area contributed by atoms with Crippen molar-refractivity contribution >= 4 is 21.6 Å². The van der Waals surface area contributed by atoms with E-state index in [9.17, 15) is 10.1 Å². The maximum Gasteiger partial charge on any atom is 0.270 e. The predicted molar refractivity (Wildman–Crippen MR) is 72.6 cm³/mol. The molecule has 6 nitrogen and oxygen atoms in total. The van der Waals surface area contributed by atoms with Crippen LogP contribution in [0.2, 0.25) is 0 Å². The zero-order valence-corrected chi connectivity index (χ0v) is 11.8. The van der Waals surface area contributed by atoms with E-state index in [1.54, 1.807) is 6.07 Å². The Hall–Kier alpha value is -1.73. The molecule has 0 unspecified atom stereocenters. The summed E-state index contributed by atoms with van der Waals surface area (Å²) >= 11 is 3.26. The standard InChI is InChI=1S/C12H12BrN3O3/c1-8-2-11(15-19-8)7-14-6-9-3-10(13)5-12(4-9)16(17)18/h2-5,14H,6-7H2,1H3. The lowest BCUT2D eigenvalue weighted by Gasteiger charge is -2.03. The number of non-ortho nitro benzene ring substituents is 1. The summed E-state index contributed by atoms with van der Waals surface area (Å²) in [6.07, 6.45) is 0. The molecular formula is C12H12BrN3O3. The van der Waals surface area contributed by atoms with E-state index in [1.807, 2.05) is 19.1 Å². The monoisotopic (exact) mass is 325 g/mol. The largest absolute Gasteiger partial charge is 0.361 e. The second kappa shape index (κ2) is 5.94. The molecular weight excluding hydrogens is 314 g/mol. The van der Waals surface area contributed by atoms with Crippen LogP contribution in [0.5, 0.6) is 0 Å². The van der Waals surface area contributed by atoms with Crippen LogP contribution >= 0.6 is 15.9 Å². The highest BCUT2D eigenvalue weighted by molar-refractivity contribution is 9.10. The molecule has 1 aromatic heterocycles. The Bertz CT molecular complexity index is 598. The number of hydrogen-bond donors (Lipinski definition) is 1. The summed E-state index contributed by atoms with van der Waals surface area (Å²) in [5.74, 6) is 0.759. The molecule has 0 fully saturated rings. The maximum absolute atomic E-state index is 10.7. The highest BCUT2D eigenvalue weighted by Gasteiger charge is 2.08. The van der Waals surface area contributed by atoms with E-state index >= 15 is 0 Å². The number of nitrogens with zero attached hydrogens (tertiary/aromatic N) is 2. The van der Waals surface area contributed by atoms with Crippen molar-refractivity contribution < 1.29 is 9.45 Å². The van der Waals surface area contributed by atoms with Gasteiger partial charge in [0.05, 0.1) is 10.6 Å². The lowest BCUT2D eigenvalue weighted by atomic mass is 10.2. The Morgan fingerprint density at radius 2 is 2.16 bits per heavy atom. The minimum atomic E-state index is -0.407. The molecule has 0 spiro atoms. The number of nitro groups is 1. The van der Waals surface area contributed by atoms with Crippen LogP contribution in [-0.4, -0.2) is 10.1 Å². The van der Waals surface area contributed by atoms with Crippen molar-refractivity contribution in [2.24, 2.45) is 0 Å². The molecule has 2 rings (SSSR count). The van der Waals surface area contributed by atoms with Crippen LogP contribution in [-0.2, 0) is 13.1 Å². The highest BCUT2D eigenvalue weighted by Crippen LogP contribution is 2.21. The Morgan fingerprint density at radius 1 is 1.37 bits per heavy atom. The number of rotatable bonds is 5. The van der Waals surface area contributed by atoms with Crippen LogP contribution in [0.1, 0.15) is 17.0 Å². The molecule has 0 radical (unpaired) electrons. The molecule has 1 heterocycles. The van der Waals surface area contributed by atoms with Gasteiger partial charge < -0.3 is 9.84 Å². The fraction of sp³-hybridized carbons (Fsp3) is 0.250. The summed E-state index contributed by atoms with van der Waals surface area (Å²) in [6, 6.07) is 6.71. The third kappa shape index (κ3) is 3.87. The maximum atomic E-state index is 10.7. The summed E-state index contributed by atoms with van der Waals surface area (Å²) in [4.78, 5) is 10.3. The van der Waals surface area contributed by atoms with Crippen LogP contribution in [0.4, 0.5) is 5.69 Å². The minimum absolute atomic E-state index is 0.0726. The quantitative estimate of drug-likeness (QED) is 0.675. The zero-order chi connectivity index (χ0) is 13.8. The lowest BCUT2D eigenvalue weighted by molar-refractivity contribution is -0.385. The Morgan fingerprint density at radius 3 is 2.79 bits per heavy atom.